The van der Waals surface area contributed by atoms with Gasteiger partial charge in [-0.25, -0.2) is 4.79 Å². The molecular weight excluding hydrogens is 465 g/mol. The van der Waals surface area contributed by atoms with E-state index in [1.165, 1.54) is 12.1 Å². The number of ether oxygens (including phenoxy) is 1. The Kier molecular flexibility index (Phi) is 6.48. The van der Waals surface area contributed by atoms with Gasteiger partial charge in [0.15, 0.2) is 0 Å². The number of amides is 2. The first-order valence-electron chi connectivity index (χ1n) is 12.0. The van der Waals surface area contributed by atoms with Gasteiger partial charge in [-0.05, 0) is 77.4 Å². The number of carbonyl (C=O) groups excluding carboxylic acids is 1. The summed E-state index contributed by atoms with van der Waals surface area (Å²) in [6.45, 7) is 0.439. The topological polar surface area (TPSA) is 41.6 Å². The lowest BCUT2D eigenvalue weighted by atomic mass is 9.92. The molecule has 3 aromatic carbocycles. The van der Waals surface area contributed by atoms with Gasteiger partial charge >= 0.3 is 12.2 Å². The molecule has 0 aromatic heterocycles. The average Bonchev–Trinajstić information content (AvgIpc) is 3.16. The summed E-state index contributed by atoms with van der Waals surface area (Å²) >= 11 is 0. The van der Waals surface area contributed by atoms with Crippen molar-refractivity contribution < 1.29 is 22.7 Å². The number of urea groups is 1. The minimum absolute atomic E-state index is 0.00632. The van der Waals surface area contributed by atoms with Crippen LogP contribution in [0, 0.1) is 0 Å². The maximum Gasteiger partial charge on any atom is 0.416 e. The molecule has 2 bridgehead atoms. The Labute approximate surface area is 208 Å². The summed E-state index contributed by atoms with van der Waals surface area (Å²) in [5.41, 5.74) is 3.74. The Morgan fingerprint density at radius 1 is 0.972 bits per heavy atom. The Hall–Kier alpha value is -3.74. The molecule has 7 heteroatoms. The highest BCUT2D eigenvalue weighted by Crippen LogP contribution is 2.39. The molecule has 2 aliphatic rings. The first kappa shape index (κ1) is 24.0. The van der Waals surface area contributed by atoms with E-state index in [-0.39, 0.29) is 18.1 Å². The molecule has 4 nitrogen and oxygen atoms in total. The number of halogens is 3. The Morgan fingerprint density at radius 3 is 2.36 bits per heavy atom. The standard InChI is InChI=1S/C29H27F3N2O2/c1-36-27-12-8-19(9-13-27)18-33-28(35)34-25-10-11-26(34)17-23(16-25)21-5-2-4-20(14-21)22-6-3-7-24(15-22)29(30,31)32/h2-9,12-16,25-26H,10-11,17-18H2,1H3,(H,33,35). The SMILES string of the molecule is COc1ccc(CNC(=O)N2C3C=C(c4cccc(-c5cccc(C(F)(F)F)c5)c4)CC2CC3)cc1. The molecule has 2 heterocycles. The second-order valence-corrected chi connectivity index (χ2v) is 9.27. The van der Waals surface area contributed by atoms with Gasteiger partial charge in [-0.1, -0.05) is 48.5 Å². The molecule has 0 radical (unpaired) electrons. The molecule has 2 aliphatic heterocycles. The van der Waals surface area contributed by atoms with E-state index in [2.05, 4.69) is 11.4 Å². The number of methoxy groups -OCH3 is 1. The maximum atomic E-state index is 13.2. The minimum Gasteiger partial charge on any atom is -0.497 e. The number of nitrogens with one attached hydrogen (secondary N) is 1. The lowest BCUT2D eigenvalue weighted by molar-refractivity contribution is -0.137. The molecule has 1 N–H and O–H groups in total. The van der Waals surface area contributed by atoms with E-state index < -0.39 is 11.7 Å². The smallest absolute Gasteiger partial charge is 0.416 e. The van der Waals surface area contributed by atoms with Gasteiger partial charge < -0.3 is 15.0 Å². The second kappa shape index (κ2) is 9.72. The molecule has 2 atom stereocenters. The van der Waals surface area contributed by atoms with Crippen molar-refractivity contribution in [2.45, 2.75) is 44.1 Å². The highest BCUT2D eigenvalue weighted by molar-refractivity contribution is 5.80. The van der Waals surface area contributed by atoms with Crippen LogP contribution in [0.5, 0.6) is 5.75 Å². The van der Waals surface area contributed by atoms with E-state index >= 15 is 0 Å². The van der Waals surface area contributed by atoms with E-state index in [1.54, 1.807) is 13.2 Å². The summed E-state index contributed by atoms with van der Waals surface area (Å²) in [4.78, 5) is 15.0. The van der Waals surface area contributed by atoms with Crippen LogP contribution < -0.4 is 10.1 Å². The van der Waals surface area contributed by atoms with E-state index in [4.69, 9.17) is 4.74 Å². The van der Waals surface area contributed by atoms with Gasteiger partial charge in [0.25, 0.3) is 0 Å². The van der Waals surface area contributed by atoms with Gasteiger partial charge in [-0.3, -0.25) is 0 Å². The number of hydrogen-bond donors (Lipinski definition) is 1. The summed E-state index contributed by atoms with van der Waals surface area (Å²) in [5.74, 6) is 0.772. The predicted octanol–water partition coefficient (Wildman–Crippen LogP) is 6.91. The van der Waals surface area contributed by atoms with Crippen molar-refractivity contribution in [1.82, 2.24) is 10.2 Å². The van der Waals surface area contributed by atoms with Crippen LogP contribution in [-0.2, 0) is 12.7 Å². The highest BCUT2D eigenvalue weighted by atomic mass is 19.4. The van der Waals surface area contributed by atoms with Crippen molar-refractivity contribution in [3.63, 3.8) is 0 Å². The van der Waals surface area contributed by atoms with E-state index in [1.807, 2.05) is 53.4 Å². The van der Waals surface area contributed by atoms with Crippen LogP contribution in [0.15, 0.2) is 78.9 Å². The monoisotopic (exact) mass is 492 g/mol. The molecule has 1 saturated heterocycles. The molecule has 1 fully saturated rings. The van der Waals surface area contributed by atoms with Crippen molar-refractivity contribution in [2.75, 3.05) is 7.11 Å². The summed E-state index contributed by atoms with van der Waals surface area (Å²) < 4.78 is 44.7. The van der Waals surface area contributed by atoms with Gasteiger partial charge in [0.2, 0.25) is 0 Å². The van der Waals surface area contributed by atoms with Gasteiger partial charge in [0, 0.05) is 12.6 Å². The fraction of sp³-hybridized carbons (Fsp3) is 0.276. The van der Waals surface area contributed by atoms with E-state index in [0.29, 0.717) is 12.1 Å². The third-order valence-corrected chi connectivity index (χ3v) is 6.99. The molecule has 186 valence electrons. The van der Waals surface area contributed by atoms with Crippen molar-refractivity contribution in [1.29, 1.82) is 0 Å². The Balaban J connectivity index is 1.31. The zero-order chi connectivity index (χ0) is 25.3. The molecule has 5 rings (SSSR count). The second-order valence-electron chi connectivity index (χ2n) is 9.27. The van der Waals surface area contributed by atoms with Crippen molar-refractivity contribution >= 4 is 11.6 Å². The summed E-state index contributed by atoms with van der Waals surface area (Å²) in [7, 11) is 1.62. The number of hydrogen-bond acceptors (Lipinski definition) is 2. The van der Waals surface area contributed by atoms with Crippen molar-refractivity contribution in [3.05, 3.63) is 95.6 Å². The van der Waals surface area contributed by atoms with Crippen molar-refractivity contribution in [2.24, 2.45) is 0 Å². The number of alkyl halides is 3. The zero-order valence-electron chi connectivity index (χ0n) is 19.9. The number of benzene rings is 3. The quantitative estimate of drug-likeness (QED) is 0.421. The Bertz CT molecular complexity index is 1280. The molecule has 36 heavy (non-hydrogen) atoms. The fourth-order valence-electron chi connectivity index (χ4n) is 5.15. The number of fused-ring (bicyclic) bond motifs is 2. The van der Waals surface area contributed by atoms with Gasteiger partial charge in [0.05, 0.1) is 18.7 Å². The first-order chi connectivity index (χ1) is 17.3. The zero-order valence-corrected chi connectivity index (χ0v) is 19.9. The molecule has 0 spiro atoms. The summed E-state index contributed by atoms with van der Waals surface area (Å²) in [6.07, 6.45) is 0.307. The van der Waals surface area contributed by atoms with Crippen LogP contribution in [0.1, 0.15) is 36.0 Å². The van der Waals surface area contributed by atoms with Crippen LogP contribution in [0.2, 0.25) is 0 Å². The number of rotatable bonds is 5. The van der Waals surface area contributed by atoms with E-state index in [0.717, 1.165) is 53.3 Å². The highest BCUT2D eigenvalue weighted by Gasteiger charge is 2.39. The molecule has 2 unspecified atom stereocenters. The summed E-state index contributed by atoms with van der Waals surface area (Å²) in [5, 5.41) is 3.03. The molecule has 3 aromatic rings. The first-order valence-corrected chi connectivity index (χ1v) is 12.0. The van der Waals surface area contributed by atoms with Crippen LogP contribution >= 0.6 is 0 Å². The van der Waals surface area contributed by atoms with E-state index in [9.17, 15) is 18.0 Å². The minimum atomic E-state index is -4.38. The van der Waals surface area contributed by atoms with Crippen molar-refractivity contribution in [3.8, 4) is 16.9 Å². The van der Waals surface area contributed by atoms with Gasteiger partial charge in [0.1, 0.15) is 5.75 Å². The molecular formula is C29H27F3N2O2. The van der Waals surface area contributed by atoms with Crippen LogP contribution in [0.3, 0.4) is 0 Å². The maximum absolute atomic E-state index is 13.2. The predicted molar refractivity (Wildman–Crippen MR) is 133 cm³/mol. The number of nitrogens with zero attached hydrogens (tertiary/aromatic N) is 1. The third-order valence-electron chi connectivity index (χ3n) is 6.99. The summed E-state index contributed by atoms with van der Waals surface area (Å²) in [6, 6.07) is 20.7. The lowest BCUT2D eigenvalue weighted by Crippen LogP contribution is -2.48. The Morgan fingerprint density at radius 2 is 1.67 bits per heavy atom. The van der Waals surface area contributed by atoms with Crippen LogP contribution in [0.25, 0.3) is 16.7 Å². The largest absolute Gasteiger partial charge is 0.497 e. The van der Waals surface area contributed by atoms with Gasteiger partial charge in [-0.2, -0.15) is 13.2 Å². The number of carbonyl (C=O) groups is 1. The van der Waals surface area contributed by atoms with Gasteiger partial charge in [-0.15, -0.1) is 0 Å². The molecule has 0 aliphatic carbocycles. The third kappa shape index (κ3) is 4.96. The lowest BCUT2D eigenvalue weighted by Gasteiger charge is -2.34. The fourth-order valence-corrected chi connectivity index (χ4v) is 5.15. The molecule has 0 saturated carbocycles. The average molecular weight is 493 g/mol. The van der Waals surface area contributed by atoms with Crippen LogP contribution in [-0.4, -0.2) is 30.1 Å². The van der Waals surface area contributed by atoms with Crippen LogP contribution in [0.4, 0.5) is 18.0 Å². The normalized spacial score (nSPS) is 19.1. The molecule has 2 amide bonds.